The smallest absolute Gasteiger partial charge is 0.329 e. The van der Waals surface area contributed by atoms with E-state index in [4.69, 9.17) is 9.47 Å². The van der Waals surface area contributed by atoms with Gasteiger partial charge in [0.05, 0.1) is 13.0 Å². The molecule has 2 N–H and O–H groups in total. The molecule has 0 saturated heterocycles. The zero-order valence-corrected chi connectivity index (χ0v) is 13.0. The Balaban J connectivity index is 2.11. The molecule has 0 spiro atoms. The Labute approximate surface area is 129 Å². The average molecular weight is 307 g/mol. The van der Waals surface area contributed by atoms with Crippen molar-refractivity contribution in [1.82, 2.24) is 5.32 Å². The van der Waals surface area contributed by atoms with E-state index in [0.717, 1.165) is 11.3 Å². The fourth-order valence-electron chi connectivity index (χ4n) is 2.33. The van der Waals surface area contributed by atoms with E-state index in [2.05, 4.69) is 5.32 Å². The summed E-state index contributed by atoms with van der Waals surface area (Å²) < 4.78 is 10.8. The topological polar surface area (TPSA) is 84.9 Å². The van der Waals surface area contributed by atoms with E-state index in [9.17, 15) is 14.7 Å². The van der Waals surface area contributed by atoms with E-state index >= 15 is 0 Å². The van der Waals surface area contributed by atoms with Gasteiger partial charge in [0.15, 0.2) is 0 Å². The minimum atomic E-state index is -1.26. The average Bonchev–Trinajstić information content (AvgIpc) is 2.53. The lowest BCUT2D eigenvalue weighted by Gasteiger charge is -2.30. The summed E-state index contributed by atoms with van der Waals surface area (Å²) in [5.74, 6) is -0.319. The van der Waals surface area contributed by atoms with Crippen LogP contribution in [0.5, 0.6) is 11.5 Å². The summed E-state index contributed by atoms with van der Waals surface area (Å²) in [6.45, 7) is 3.48. The van der Waals surface area contributed by atoms with E-state index in [-0.39, 0.29) is 12.5 Å². The number of carbonyl (C=O) groups is 2. The van der Waals surface area contributed by atoms with Crippen molar-refractivity contribution in [1.29, 1.82) is 0 Å². The molecule has 6 heteroatoms. The van der Waals surface area contributed by atoms with E-state index in [1.165, 1.54) is 6.92 Å². The lowest BCUT2D eigenvalue weighted by molar-refractivity contribution is -0.148. The molecule has 0 saturated carbocycles. The normalized spacial score (nSPS) is 19.3. The molecule has 0 radical (unpaired) electrons. The number of carboxylic acids is 1. The van der Waals surface area contributed by atoms with Gasteiger partial charge in [-0.2, -0.15) is 0 Å². The van der Waals surface area contributed by atoms with Crippen molar-refractivity contribution in [2.45, 2.75) is 32.2 Å². The Hall–Kier alpha value is -2.24. The maximum absolute atomic E-state index is 12.4. The maximum atomic E-state index is 12.4. The molecule has 1 aliphatic heterocycles. The van der Waals surface area contributed by atoms with Crippen LogP contribution >= 0.6 is 0 Å². The number of hydrogen-bond acceptors (Lipinski definition) is 4. The van der Waals surface area contributed by atoms with Gasteiger partial charge in [-0.25, -0.2) is 4.79 Å². The second kappa shape index (κ2) is 6.25. The molecule has 2 unspecified atom stereocenters. The number of methoxy groups -OCH3 is 1. The van der Waals surface area contributed by atoms with Crippen molar-refractivity contribution in [3.63, 3.8) is 0 Å². The molecular formula is C16H21NO5. The first-order valence-electron chi connectivity index (χ1n) is 7.24. The Morgan fingerprint density at radius 3 is 2.82 bits per heavy atom. The van der Waals surface area contributed by atoms with Crippen LogP contribution in [0.25, 0.3) is 0 Å². The van der Waals surface area contributed by atoms with Gasteiger partial charge in [0.2, 0.25) is 5.91 Å². The second-order valence-electron chi connectivity index (χ2n) is 5.67. The van der Waals surface area contributed by atoms with Crippen LogP contribution in [0.3, 0.4) is 0 Å². The van der Waals surface area contributed by atoms with Crippen LogP contribution in [0, 0.1) is 5.92 Å². The van der Waals surface area contributed by atoms with Gasteiger partial charge in [0, 0.05) is 0 Å². The maximum Gasteiger partial charge on any atom is 0.329 e. The Bertz CT molecular complexity index is 586. The number of aliphatic carboxylic acids is 1. The van der Waals surface area contributed by atoms with Crippen LogP contribution < -0.4 is 14.8 Å². The third-order valence-corrected chi connectivity index (χ3v) is 4.12. The van der Waals surface area contributed by atoms with E-state index in [1.54, 1.807) is 20.1 Å². The van der Waals surface area contributed by atoms with Gasteiger partial charge in [-0.3, -0.25) is 4.79 Å². The van der Waals surface area contributed by atoms with Gasteiger partial charge in [0.1, 0.15) is 23.6 Å². The zero-order valence-electron chi connectivity index (χ0n) is 13.0. The van der Waals surface area contributed by atoms with Crippen molar-refractivity contribution in [3.8, 4) is 11.5 Å². The third-order valence-electron chi connectivity index (χ3n) is 4.12. The number of ether oxygens (including phenoxy) is 2. The highest BCUT2D eigenvalue weighted by Crippen LogP contribution is 2.31. The molecular weight excluding hydrogens is 286 g/mol. The van der Waals surface area contributed by atoms with Crippen LogP contribution in [0.2, 0.25) is 0 Å². The van der Waals surface area contributed by atoms with Crippen molar-refractivity contribution in [2.75, 3.05) is 13.7 Å². The van der Waals surface area contributed by atoms with Crippen LogP contribution in [-0.2, 0) is 16.0 Å². The van der Waals surface area contributed by atoms with Gasteiger partial charge < -0.3 is 19.9 Å². The largest absolute Gasteiger partial charge is 0.497 e. The number of benzene rings is 1. The van der Waals surface area contributed by atoms with Gasteiger partial charge in [-0.15, -0.1) is 0 Å². The molecule has 1 aromatic rings. The Kier molecular flexibility index (Phi) is 4.59. The van der Waals surface area contributed by atoms with Gasteiger partial charge in [-0.1, -0.05) is 6.92 Å². The van der Waals surface area contributed by atoms with Crippen molar-refractivity contribution >= 4 is 11.9 Å². The molecule has 22 heavy (non-hydrogen) atoms. The highest BCUT2D eigenvalue weighted by atomic mass is 16.5. The fourth-order valence-corrected chi connectivity index (χ4v) is 2.33. The summed E-state index contributed by atoms with van der Waals surface area (Å²) in [6, 6.07) is 5.46. The lowest BCUT2D eigenvalue weighted by atomic mass is 9.93. The molecule has 1 amide bonds. The first-order valence-corrected chi connectivity index (χ1v) is 7.24. The fraction of sp³-hybridized carbons (Fsp3) is 0.500. The van der Waals surface area contributed by atoms with Crippen molar-refractivity contribution in [2.24, 2.45) is 5.92 Å². The summed E-state index contributed by atoms with van der Waals surface area (Å²) in [7, 11) is 1.58. The number of carbonyl (C=O) groups excluding carboxylic acids is 1. The molecule has 2 atom stereocenters. The Morgan fingerprint density at radius 1 is 1.50 bits per heavy atom. The molecule has 0 fully saturated rings. The van der Waals surface area contributed by atoms with Crippen LogP contribution in [0.4, 0.5) is 0 Å². The van der Waals surface area contributed by atoms with E-state index in [0.29, 0.717) is 18.6 Å². The lowest BCUT2D eigenvalue weighted by Crippen LogP contribution is -2.54. The molecule has 2 rings (SSSR count). The monoisotopic (exact) mass is 307 g/mol. The van der Waals surface area contributed by atoms with Crippen molar-refractivity contribution in [3.05, 3.63) is 23.8 Å². The minimum Gasteiger partial charge on any atom is -0.497 e. The zero-order chi connectivity index (χ0) is 16.3. The SMILES string of the molecule is CCC(C)(NC(=O)C1COc2ccc(OC)cc2C1)C(=O)O. The third kappa shape index (κ3) is 3.16. The highest BCUT2D eigenvalue weighted by Gasteiger charge is 2.36. The molecule has 0 aliphatic carbocycles. The number of amides is 1. The summed E-state index contributed by atoms with van der Waals surface area (Å²) in [5, 5.41) is 11.9. The van der Waals surface area contributed by atoms with Crippen LogP contribution in [-0.4, -0.2) is 36.2 Å². The number of nitrogens with one attached hydrogen (secondary N) is 1. The number of rotatable bonds is 5. The number of carboxylic acid groups (broad SMARTS) is 1. The quantitative estimate of drug-likeness (QED) is 0.863. The number of hydrogen-bond donors (Lipinski definition) is 2. The van der Waals surface area contributed by atoms with Gasteiger partial charge >= 0.3 is 5.97 Å². The standard InChI is InChI=1S/C16H21NO5/c1-4-16(2,15(19)20)17-14(18)11-7-10-8-12(21-3)5-6-13(10)22-9-11/h5-6,8,11H,4,7,9H2,1-3H3,(H,17,18)(H,19,20). The molecule has 120 valence electrons. The van der Waals surface area contributed by atoms with Crippen LogP contribution in [0.1, 0.15) is 25.8 Å². The summed E-state index contributed by atoms with van der Waals surface area (Å²) in [5.41, 5.74) is -0.370. The molecule has 1 heterocycles. The van der Waals surface area contributed by atoms with Crippen molar-refractivity contribution < 1.29 is 24.2 Å². The second-order valence-corrected chi connectivity index (χ2v) is 5.67. The summed E-state index contributed by atoms with van der Waals surface area (Å²) in [6.07, 6.45) is 0.809. The molecule has 1 aromatic carbocycles. The predicted molar refractivity (Wildman–Crippen MR) is 80.2 cm³/mol. The first-order chi connectivity index (χ1) is 10.4. The predicted octanol–water partition coefficient (Wildman–Crippen LogP) is 1.62. The number of fused-ring (bicyclic) bond motifs is 1. The van der Waals surface area contributed by atoms with E-state index in [1.807, 2.05) is 12.1 Å². The Morgan fingerprint density at radius 2 is 2.23 bits per heavy atom. The molecule has 1 aliphatic rings. The summed E-state index contributed by atoms with van der Waals surface area (Å²) in [4.78, 5) is 23.6. The molecule has 6 nitrogen and oxygen atoms in total. The van der Waals surface area contributed by atoms with Gasteiger partial charge in [0.25, 0.3) is 0 Å². The van der Waals surface area contributed by atoms with E-state index < -0.39 is 17.4 Å². The molecule has 0 bridgehead atoms. The highest BCUT2D eigenvalue weighted by molar-refractivity contribution is 5.88. The minimum absolute atomic E-state index is 0.241. The molecule has 0 aromatic heterocycles. The summed E-state index contributed by atoms with van der Waals surface area (Å²) >= 11 is 0. The van der Waals surface area contributed by atoms with Crippen LogP contribution in [0.15, 0.2) is 18.2 Å². The first kappa shape index (κ1) is 16.1. The van der Waals surface area contributed by atoms with Gasteiger partial charge in [-0.05, 0) is 43.5 Å².